The SMILES string of the molecule is CC1CCC(NC(=O)CN2CCN(c3cccc(Cl)c3)CC2)CC1. The van der Waals surface area contributed by atoms with Crippen LogP contribution in [0.15, 0.2) is 24.3 Å². The minimum atomic E-state index is 0.186. The summed E-state index contributed by atoms with van der Waals surface area (Å²) >= 11 is 6.07. The first kappa shape index (κ1) is 17.6. The van der Waals surface area contributed by atoms with Crippen LogP contribution in [0.3, 0.4) is 0 Å². The first-order valence-corrected chi connectivity index (χ1v) is 9.50. The molecule has 4 nitrogen and oxygen atoms in total. The number of hydrogen-bond donors (Lipinski definition) is 1. The molecule has 1 heterocycles. The van der Waals surface area contributed by atoms with Crippen molar-refractivity contribution in [2.75, 3.05) is 37.6 Å². The second-order valence-electron chi connectivity index (χ2n) is 7.27. The topological polar surface area (TPSA) is 35.6 Å². The van der Waals surface area contributed by atoms with Gasteiger partial charge in [-0.25, -0.2) is 0 Å². The third-order valence-corrected chi connectivity index (χ3v) is 5.53. The van der Waals surface area contributed by atoms with E-state index in [1.54, 1.807) is 0 Å². The Morgan fingerprint density at radius 1 is 1.17 bits per heavy atom. The zero-order chi connectivity index (χ0) is 16.9. The molecule has 1 saturated carbocycles. The Bertz CT molecular complexity index is 549. The Kier molecular flexibility index (Phi) is 6.01. The summed E-state index contributed by atoms with van der Waals surface area (Å²) in [6, 6.07) is 8.38. The van der Waals surface area contributed by atoms with Crippen molar-refractivity contribution >= 4 is 23.2 Å². The number of halogens is 1. The Labute approximate surface area is 150 Å². The van der Waals surface area contributed by atoms with Gasteiger partial charge in [0.05, 0.1) is 6.54 Å². The number of piperazine rings is 1. The summed E-state index contributed by atoms with van der Waals surface area (Å²) < 4.78 is 0. The van der Waals surface area contributed by atoms with E-state index in [9.17, 15) is 4.79 Å². The van der Waals surface area contributed by atoms with Gasteiger partial charge in [0.1, 0.15) is 0 Å². The van der Waals surface area contributed by atoms with Gasteiger partial charge in [0, 0.05) is 42.9 Å². The van der Waals surface area contributed by atoms with Crippen molar-refractivity contribution in [2.24, 2.45) is 5.92 Å². The molecule has 2 aliphatic rings. The number of nitrogens with one attached hydrogen (secondary N) is 1. The van der Waals surface area contributed by atoms with Crippen LogP contribution in [0.4, 0.5) is 5.69 Å². The van der Waals surface area contributed by atoms with E-state index >= 15 is 0 Å². The van der Waals surface area contributed by atoms with Crippen molar-refractivity contribution in [1.82, 2.24) is 10.2 Å². The van der Waals surface area contributed by atoms with Gasteiger partial charge in [-0.05, 0) is 49.8 Å². The van der Waals surface area contributed by atoms with E-state index < -0.39 is 0 Å². The van der Waals surface area contributed by atoms with Crippen LogP contribution in [0.5, 0.6) is 0 Å². The second kappa shape index (κ2) is 8.21. The predicted molar refractivity (Wildman–Crippen MR) is 99.7 cm³/mol. The largest absolute Gasteiger partial charge is 0.369 e. The molecule has 1 aliphatic carbocycles. The summed E-state index contributed by atoms with van der Waals surface area (Å²) in [4.78, 5) is 16.9. The molecule has 0 spiro atoms. The molecule has 3 rings (SSSR count). The maximum atomic E-state index is 12.3. The van der Waals surface area contributed by atoms with Gasteiger partial charge in [-0.3, -0.25) is 9.69 Å². The summed E-state index contributed by atoms with van der Waals surface area (Å²) in [5, 5.41) is 4.00. The fourth-order valence-electron chi connectivity index (χ4n) is 3.72. The third-order valence-electron chi connectivity index (χ3n) is 5.29. The first-order valence-electron chi connectivity index (χ1n) is 9.12. The van der Waals surface area contributed by atoms with Crippen molar-refractivity contribution in [3.8, 4) is 0 Å². The van der Waals surface area contributed by atoms with E-state index in [1.807, 2.05) is 18.2 Å². The molecule has 1 N–H and O–H groups in total. The van der Waals surface area contributed by atoms with Crippen LogP contribution >= 0.6 is 11.6 Å². The summed E-state index contributed by atoms with van der Waals surface area (Å²) in [5.41, 5.74) is 1.17. The fraction of sp³-hybridized carbons (Fsp3) is 0.632. The van der Waals surface area contributed by atoms with Crippen LogP contribution in [-0.2, 0) is 4.79 Å². The lowest BCUT2D eigenvalue weighted by molar-refractivity contribution is -0.123. The molecule has 1 aromatic carbocycles. The quantitative estimate of drug-likeness (QED) is 0.907. The highest BCUT2D eigenvalue weighted by Gasteiger charge is 2.22. The average Bonchev–Trinajstić information content (AvgIpc) is 2.58. The molecule has 0 unspecified atom stereocenters. The molecule has 1 amide bonds. The molecule has 1 aliphatic heterocycles. The van der Waals surface area contributed by atoms with Crippen LogP contribution < -0.4 is 10.2 Å². The number of benzene rings is 1. The van der Waals surface area contributed by atoms with Crippen molar-refractivity contribution < 1.29 is 4.79 Å². The second-order valence-corrected chi connectivity index (χ2v) is 7.70. The highest BCUT2D eigenvalue weighted by Crippen LogP contribution is 2.23. The van der Waals surface area contributed by atoms with Gasteiger partial charge >= 0.3 is 0 Å². The molecule has 1 aromatic rings. The summed E-state index contributed by atoms with van der Waals surface area (Å²) in [5.74, 6) is 1.00. The van der Waals surface area contributed by atoms with Gasteiger partial charge in [0.25, 0.3) is 0 Å². The van der Waals surface area contributed by atoms with E-state index in [4.69, 9.17) is 11.6 Å². The molecule has 132 valence electrons. The van der Waals surface area contributed by atoms with E-state index in [-0.39, 0.29) is 5.91 Å². The van der Waals surface area contributed by atoms with Gasteiger partial charge in [-0.1, -0.05) is 24.6 Å². The molecule has 2 fully saturated rings. The van der Waals surface area contributed by atoms with Crippen LogP contribution in [0, 0.1) is 5.92 Å². The lowest BCUT2D eigenvalue weighted by Crippen LogP contribution is -2.50. The summed E-state index contributed by atoms with van der Waals surface area (Å²) in [6.45, 7) is 6.54. The number of hydrogen-bond acceptors (Lipinski definition) is 3. The molecule has 5 heteroatoms. The fourth-order valence-corrected chi connectivity index (χ4v) is 3.90. The number of rotatable bonds is 4. The van der Waals surface area contributed by atoms with E-state index in [2.05, 4.69) is 28.1 Å². The Morgan fingerprint density at radius 2 is 1.88 bits per heavy atom. The normalized spacial score (nSPS) is 25.5. The minimum absolute atomic E-state index is 0.186. The highest BCUT2D eigenvalue weighted by atomic mass is 35.5. The molecule has 24 heavy (non-hydrogen) atoms. The Hall–Kier alpha value is -1.26. The van der Waals surface area contributed by atoms with Crippen LogP contribution in [-0.4, -0.2) is 49.6 Å². The molecule has 0 radical (unpaired) electrons. The van der Waals surface area contributed by atoms with Crippen LogP contribution in [0.25, 0.3) is 0 Å². The first-order chi connectivity index (χ1) is 11.6. The van der Waals surface area contributed by atoms with Gasteiger partial charge in [0.2, 0.25) is 5.91 Å². The monoisotopic (exact) mass is 349 g/mol. The zero-order valence-corrected chi connectivity index (χ0v) is 15.3. The van der Waals surface area contributed by atoms with Crippen LogP contribution in [0.2, 0.25) is 5.02 Å². The zero-order valence-electron chi connectivity index (χ0n) is 14.5. The van der Waals surface area contributed by atoms with Crippen molar-refractivity contribution in [3.63, 3.8) is 0 Å². The van der Waals surface area contributed by atoms with Gasteiger partial charge in [0.15, 0.2) is 0 Å². The molecular weight excluding hydrogens is 322 g/mol. The number of amides is 1. The maximum Gasteiger partial charge on any atom is 0.234 e. The number of carbonyl (C=O) groups is 1. The number of anilines is 1. The minimum Gasteiger partial charge on any atom is -0.369 e. The lowest BCUT2D eigenvalue weighted by Gasteiger charge is -2.36. The molecule has 1 saturated heterocycles. The number of nitrogens with zero attached hydrogens (tertiary/aromatic N) is 2. The van der Waals surface area contributed by atoms with E-state index in [1.165, 1.54) is 18.5 Å². The standard InChI is InChI=1S/C19H28ClN3O/c1-15-5-7-17(8-6-15)21-19(24)14-22-9-11-23(12-10-22)18-4-2-3-16(20)13-18/h2-4,13,15,17H,5-12,14H2,1H3,(H,21,24). The lowest BCUT2D eigenvalue weighted by atomic mass is 9.87. The van der Waals surface area contributed by atoms with E-state index in [0.717, 1.165) is 50.0 Å². The third kappa shape index (κ3) is 4.87. The predicted octanol–water partition coefficient (Wildman–Crippen LogP) is 3.16. The maximum absolute atomic E-state index is 12.3. The Morgan fingerprint density at radius 3 is 2.54 bits per heavy atom. The molecule has 0 aromatic heterocycles. The average molecular weight is 350 g/mol. The summed E-state index contributed by atoms with van der Waals surface area (Å²) in [6.07, 6.45) is 4.75. The van der Waals surface area contributed by atoms with Gasteiger partial charge in [-0.2, -0.15) is 0 Å². The van der Waals surface area contributed by atoms with Gasteiger partial charge in [-0.15, -0.1) is 0 Å². The van der Waals surface area contributed by atoms with Crippen molar-refractivity contribution in [2.45, 2.75) is 38.6 Å². The van der Waals surface area contributed by atoms with Gasteiger partial charge < -0.3 is 10.2 Å². The Balaban J connectivity index is 1.41. The molecule has 0 bridgehead atoms. The smallest absolute Gasteiger partial charge is 0.234 e. The molecule has 0 atom stereocenters. The number of carbonyl (C=O) groups excluding carboxylic acids is 1. The van der Waals surface area contributed by atoms with Crippen molar-refractivity contribution in [1.29, 1.82) is 0 Å². The highest BCUT2D eigenvalue weighted by molar-refractivity contribution is 6.30. The molecular formula is C19H28ClN3O. The van der Waals surface area contributed by atoms with Crippen LogP contribution in [0.1, 0.15) is 32.6 Å². The van der Waals surface area contributed by atoms with E-state index in [0.29, 0.717) is 12.6 Å². The van der Waals surface area contributed by atoms with Crippen molar-refractivity contribution in [3.05, 3.63) is 29.3 Å². The summed E-state index contributed by atoms with van der Waals surface area (Å²) in [7, 11) is 0.